The third-order valence-electron chi connectivity index (χ3n) is 4.34. The van der Waals surface area contributed by atoms with Crippen molar-refractivity contribution < 1.29 is 18.9 Å². The van der Waals surface area contributed by atoms with Crippen molar-refractivity contribution in [2.24, 2.45) is 0 Å². The van der Waals surface area contributed by atoms with Crippen LogP contribution in [0.3, 0.4) is 0 Å². The van der Waals surface area contributed by atoms with E-state index >= 15 is 0 Å². The number of ether oxygens (including phenoxy) is 4. The molecular weight excluding hydrogens is 372 g/mol. The highest BCUT2D eigenvalue weighted by molar-refractivity contribution is 5.65. The molecule has 2 heterocycles. The van der Waals surface area contributed by atoms with Gasteiger partial charge in [0.05, 0.1) is 12.3 Å². The molecule has 0 saturated carbocycles. The monoisotopic (exact) mass is 394 g/mol. The summed E-state index contributed by atoms with van der Waals surface area (Å²) in [6.07, 6.45) is 0. The number of nitrogen functional groups attached to an aromatic ring is 1. The predicted octanol–water partition coefficient (Wildman–Crippen LogP) is 3.09. The SMILES string of the molecule is COCCOc1cccc(-c2cc(NCc3ccc4c(c3)OCO4)nc(N)n2)c1. The number of nitrogens with one attached hydrogen (secondary N) is 1. The summed E-state index contributed by atoms with van der Waals surface area (Å²) in [6, 6.07) is 15.4. The van der Waals surface area contributed by atoms with E-state index < -0.39 is 0 Å². The van der Waals surface area contributed by atoms with E-state index in [2.05, 4.69) is 15.3 Å². The van der Waals surface area contributed by atoms with Crippen molar-refractivity contribution in [2.45, 2.75) is 6.54 Å². The van der Waals surface area contributed by atoms with E-state index in [-0.39, 0.29) is 12.7 Å². The van der Waals surface area contributed by atoms with Gasteiger partial charge in [-0.3, -0.25) is 0 Å². The minimum Gasteiger partial charge on any atom is -0.491 e. The van der Waals surface area contributed by atoms with Gasteiger partial charge < -0.3 is 30.0 Å². The van der Waals surface area contributed by atoms with Gasteiger partial charge in [0.25, 0.3) is 0 Å². The van der Waals surface area contributed by atoms with E-state index in [1.54, 1.807) is 7.11 Å². The van der Waals surface area contributed by atoms with Gasteiger partial charge in [-0.25, -0.2) is 4.98 Å². The number of methoxy groups -OCH3 is 1. The highest BCUT2D eigenvalue weighted by Gasteiger charge is 2.13. The van der Waals surface area contributed by atoms with Gasteiger partial charge in [-0.15, -0.1) is 0 Å². The molecule has 0 radical (unpaired) electrons. The van der Waals surface area contributed by atoms with Gasteiger partial charge >= 0.3 is 0 Å². The second kappa shape index (κ2) is 8.66. The number of rotatable bonds is 8. The third kappa shape index (κ3) is 4.67. The summed E-state index contributed by atoms with van der Waals surface area (Å²) >= 11 is 0. The molecule has 0 bridgehead atoms. The molecule has 29 heavy (non-hydrogen) atoms. The van der Waals surface area contributed by atoms with E-state index in [1.807, 2.05) is 48.5 Å². The fourth-order valence-electron chi connectivity index (χ4n) is 2.94. The quantitative estimate of drug-likeness (QED) is 0.562. The van der Waals surface area contributed by atoms with Crippen LogP contribution >= 0.6 is 0 Å². The summed E-state index contributed by atoms with van der Waals surface area (Å²) in [6.45, 7) is 1.83. The number of hydrogen-bond donors (Lipinski definition) is 2. The minimum atomic E-state index is 0.196. The van der Waals surface area contributed by atoms with Gasteiger partial charge in [0.2, 0.25) is 12.7 Å². The van der Waals surface area contributed by atoms with Gasteiger partial charge in [0, 0.05) is 25.3 Å². The van der Waals surface area contributed by atoms with Crippen LogP contribution in [0.25, 0.3) is 11.3 Å². The lowest BCUT2D eigenvalue weighted by atomic mass is 10.1. The molecule has 0 fully saturated rings. The van der Waals surface area contributed by atoms with Crippen molar-refractivity contribution in [2.75, 3.05) is 38.2 Å². The number of nitrogens with two attached hydrogens (primary N) is 1. The first-order chi connectivity index (χ1) is 14.2. The maximum absolute atomic E-state index is 5.93. The molecule has 8 heteroatoms. The lowest BCUT2D eigenvalue weighted by Crippen LogP contribution is -2.06. The number of fused-ring (bicyclic) bond motifs is 1. The fourth-order valence-corrected chi connectivity index (χ4v) is 2.94. The number of nitrogens with zero attached hydrogens (tertiary/aromatic N) is 2. The molecule has 1 aromatic heterocycles. The van der Waals surface area contributed by atoms with Crippen LogP contribution in [0.4, 0.5) is 11.8 Å². The summed E-state index contributed by atoms with van der Waals surface area (Å²) in [5, 5.41) is 3.28. The maximum atomic E-state index is 5.93. The summed E-state index contributed by atoms with van der Waals surface area (Å²) in [5.74, 6) is 3.08. The lowest BCUT2D eigenvalue weighted by molar-refractivity contribution is 0.146. The summed E-state index contributed by atoms with van der Waals surface area (Å²) in [7, 11) is 1.64. The van der Waals surface area contributed by atoms with Crippen LogP contribution in [0.15, 0.2) is 48.5 Å². The number of anilines is 2. The summed E-state index contributed by atoms with van der Waals surface area (Å²) < 4.78 is 21.4. The van der Waals surface area contributed by atoms with E-state index in [9.17, 15) is 0 Å². The first-order valence-electron chi connectivity index (χ1n) is 9.20. The Morgan fingerprint density at radius 2 is 1.93 bits per heavy atom. The van der Waals surface area contributed by atoms with Gasteiger partial charge in [-0.2, -0.15) is 4.98 Å². The van der Waals surface area contributed by atoms with E-state index in [0.717, 1.165) is 28.4 Å². The number of aromatic nitrogens is 2. The van der Waals surface area contributed by atoms with E-state index in [1.165, 1.54) is 0 Å². The highest BCUT2D eigenvalue weighted by Crippen LogP contribution is 2.32. The molecule has 150 valence electrons. The van der Waals surface area contributed by atoms with Crippen LogP contribution in [-0.2, 0) is 11.3 Å². The average molecular weight is 394 g/mol. The number of benzene rings is 2. The summed E-state index contributed by atoms with van der Waals surface area (Å²) in [5.41, 5.74) is 8.57. The van der Waals surface area contributed by atoms with E-state index in [4.69, 9.17) is 24.7 Å². The second-order valence-corrected chi connectivity index (χ2v) is 6.41. The molecule has 1 aliphatic rings. The molecule has 0 aliphatic carbocycles. The number of hydrogen-bond acceptors (Lipinski definition) is 8. The first kappa shape index (κ1) is 18.8. The van der Waals surface area contributed by atoms with Crippen LogP contribution in [0.1, 0.15) is 5.56 Å². The topological polar surface area (TPSA) is 101 Å². The smallest absolute Gasteiger partial charge is 0.231 e. The van der Waals surface area contributed by atoms with E-state index in [0.29, 0.717) is 31.3 Å². The molecular formula is C21H22N4O4. The Hall–Kier alpha value is -3.52. The lowest BCUT2D eigenvalue weighted by Gasteiger charge is -2.10. The highest BCUT2D eigenvalue weighted by atomic mass is 16.7. The van der Waals surface area contributed by atoms with Crippen molar-refractivity contribution in [3.8, 4) is 28.5 Å². The normalized spacial score (nSPS) is 12.0. The molecule has 0 amide bonds. The van der Waals surface area contributed by atoms with Gasteiger partial charge in [-0.05, 0) is 29.8 Å². The zero-order chi connectivity index (χ0) is 20.1. The van der Waals surface area contributed by atoms with Crippen molar-refractivity contribution in [3.63, 3.8) is 0 Å². The molecule has 0 saturated heterocycles. The predicted molar refractivity (Wildman–Crippen MR) is 109 cm³/mol. The zero-order valence-corrected chi connectivity index (χ0v) is 16.1. The Balaban J connectivity index is 1.48. The molecule has 8 nitrogen and oxygen atoms in total. The van der Waals surface area contributed by atoms with Crippen LogP contribution in [0.2, 0.25) is 0 Å². The van der Waals surface area contributed by atoms with Crippen molar-refractivity contribution in [1.29, 1.82) is 0 Å². The maximum Gasteiger partial charge on any atom is 0.231 e. The molecule has 4 rings (SSSR count). The van der Waals surface area contributed by atoms with Gasteiger partial charge in [-0.1, -0.05) is 18.2 Å². The van der Waals surface area contributed by atoms with Crippen molar-refractivity contribution in [3.05, 3.63) is 54.1 Å². The van der Waals surface area contributed by atoms with Crippen LogP contribution in [0, 0.1) is 0 Å². The average Bonchev–Trinajstić information content (AvgIpc) is 3.20. The summed E-state index contributed by atoms with van der Waals surface area (Å²) in [4.78, 5) is 8.64. The Morgan fingerprint density at radius 1 is 1.03 bits per heavy atom. The molecule has 0 atom stereocenters. The standard InChI is InChI=1S/C21H22N4O4/c1-26-7-8-27-16-4-2-3-15(10-16)17-11-20(25-21(22)24-17)23-12-14-5-6-18-19(9-14)29-13-28-18/h2-6,9-11H,7-8,12-13H2,1H3,(H3,22,23,24,25). The Labute approximate surface area is 168 Å². The second-order valence-electron chi connectivity index (χ2n) is 6.41. The molecule has 0 unspecified atom stereocenters. The van der Waals surface area contributed by atoms with Gasteiger partial charge in [0.1, 0.15) is 18.2 Å². The fraction of sp³-hybridized carbons (Fsp3) is 0.238. The third-order valence-corrected chi connectivity index (χ3v) is 4.34. The van der Waals surface area contributed by atoms with Crippen LogP contribution in [0.5, 0.6) is 17.2 Å². The van der Waals surface area contributed by atoms with Crippen LogP contribution < -0.4 is 25.3 Å². The van der Waals surface area contributed by atoms with Crippen molar-refractivity contribution >= 4 is 11.8 Å². The first-order valence-corrected chi connectivity index (χ1v) is 9.20. The van der Waals surface area contributed by atoms with Crippen molar-refractivity contribution in [1.82, 2.24) is 9.97 Å². The zero-order valence-electron chi connectivity index (χ0n) is 16.1. The minimum absolute atomic E-state index is 0.196. The van der Waals surface area contributed by atoms with Gasteiger partial charge in [0.15, 0.2) is 11.5 Å². The molecule has 3 aromatic rings. The molecule has 1 aliphatic heterocycles. The Morgan fingerprint density at radius 3 is 2.83 bits per heavy atom. The largest absolute Gasteiger partial charge is 0.491 e. The molecule has 0 spiro atoms. The molecule has 3 N–H and O–H groups in total. The Kier molecular flexibility index (Phi) is 5.62. The molecule has 2 aromatic carbocycles. The Bertz CT molecular complexity index is 996. The van der Waals surface area contributed by atoms with Crippen LogP contribution in [-0.4, -0.2) is 37.1 Å².